The number of nitrogens with zero attached hydrogens (tertiary/aromatic N) is 4. The normalized spacial score (nSPS) is 11.6. The molecule has 1 atom stereocenters. The molecule has 0 bridgehead atoms. The molecule has 184 valence electrons. The van der Waals surface area contributed by atoms with E-state index < -0.39 is 10.2 Å². The number of thioether (sulfide) groups is 1. The van der Waals surface area contributed by atoms with Gasteiger partial charge in [0.2, 0.25) is 5.91 Å². The molecule has 1 aromatic heterocycles. The third-order valence-electron chi connectivity index (χ3n) is 5.37. The maximum absolute atomic E-state index is 13.0. The number of hydrogen-bond acceptors (Lipinski definition) is 7. The van der Waals surface area contributed by atoms with E-state index in [0.717, 1.165) is 16.9 Å². The van der Waals surface area contributed by atoms with Gasteiger partial charge in [-0.25, -0.2) is 0 Å². The fourth-order valence-corrected chi connectivity index (χ4v) is 4.50. The molecule has 0 unspecified atom stereocenters. The molecular formula is C25H23ClN6O3S. The van der Waals surface area contributed by atoms with E-state index in [1.54, 1.807) is 26.0 Å². The Morgan fingerprint density at radius 1 is 1.08 bits per heavy atom. The number of rotatable bonds is 9. The Labute approximate surface area is 217 Å². The van der Waals surface area contributed by atoms with Gasteiger partial charge >= 0.3 is 0 Å². The number of para-hydroxylation sites is 2. The number of carbonyl (C=O) groups is 1. The van der Waals surface area contributed by atoms with Crippen LogP contribution in [0.1, 0.15) is 18.3 Å². The molecule has 1 heterocycles. The van der Waals surface area contributed by atoms with Crippen molar-refractivity contribution in [2.24, 2.45) is 0 Å². The van der Waals surface area contributed by atoms with Crippen LogP contribution in [-0.4, -0.2) is 30.8 Å². The number of nitro benzene ring substituents is 1. The fourth-order valence-electron chi connectivity index (χ4n) is 3.41. The van der Waals surface area contributed by atoms with Crippen LogP contribution < -0.4 is 10.6 Å². The number of carbonyl (C=O) groups excluding carboxylic acids is 1. The molecule has 9 nitrogen and oxygen atoms in total. The summed E-state index contributed by atoms with van der Waals surface area (Å²) in [5, 5.41) is 26.5. The maximum Gasteiger partial charge on any atom is 0.271 e. The standard InChI is InChI=1S/C25H23ClN6O3S/c1-16-12-13-19(32(34)35)14-22(16)28-24(33)17(2)36-25-30-29-23(31(25)18-8-4-3-5-9-18)15-27-21-11-7-6-10-20(21)26/h3-14,17,27H,15H2,1-2H3,(H,28,33)/t17-/m1/s1. The third-order valence-corrected chi connectivity index (χ3v) is 6.74. The summed E-state index contributed by atoms with van der Waals surface area (Å²) in [5.41, 5.74) is 2.66. The van der Waals surface area contributed by atoms with Crippen LogP contribution in [0.3, 0.4) is 0 Å². The molecule has 2 N–H and O–H groups in total. The van der Waals surface area contributed by atoms with Gasteiger partial charge in [-0.3, -0.25) is 19.5 Å². The first-order chi connectivity index (χ1) is 17.3. The number of amides is 1. The number of non-ortho nitro benzene ring substituents is 1. The van der Waals surface area contributed by atoms with Crippen LogP contribution in [0.5, 0.6) is 0 Å². The van der Waals surface area contributed by atoms with Crippen molar-refractivity contribution < 1.29 is 9.72 Å². The van der Waals surface area contributed by atoms with E-state index in [-0.39, 0.29) is 11.6 Å². The van der Waals surface area contributed by atoms with Crippen molar-refractivity contribution in [1.82, 2.24) is 14.8 Å². The van der Waals surface area contributed by atoms with E-state index in [0.29, 0.717) is 28.2 Å². The van der Waals surface area contributed by atoms with Gasteiger partial charge in [-0.1, -0.05) is 59.8 Å². The predicted octanol–water partition coefficient (Wildman–Crippen LogP) is 5.87. The lowest BCUT2D eigenvalue weighted by Gasteiger charge is -2.15. The zero-order valence-electron chi connectivity index (χ0n) is 19.5. The molecule has 0 aliphatic rings. The quantitative estimate of drug-likeness (QED) is 0.160. The summed E-state index contributed by atoms with van der Waals surface area (Å²) in [6.07, 6.45) is 0. The van der Waals surface area contributed by atoms with Crippen molar-refractivity contribution in [1.29, 1.82) is 0 Å². The topological polar surface area (TPSA) is 115 Å². The third kappa shape index (κ3) is 5.84. The minimum absolute atomic E-state index is 0.0873. The average Bonchev–Trinajstić information content (AvgIpc) is 3.27. The van der Waals surface area contributed by atoms with Crippen LogP contribution in [0.15, 0.2) is 78.0 Å². The summed E-state index contributed by atoms with van der Waals surface area (Å²) >= 11 is 7.51. The highest BCUT2D eigenvalue weighted by Gasteiger charge is 2.22. The van der Waals surface area contributed by atoms with Gasteiger partial charge in [0.1, 0.15) is 0 Å². The van der Waals surface area contributed by atoms with Gasteiger partial charge in [-0.05, 0) is 43.7 Å². The van der Waals surface area contributed by atoms with Crippen molar-refractivity contribution in [2.75, 3.05) is 10.6 Å². The van der Waals surface area contributed by atoms with Crippen LogP contribution in [0, 0.1) is 17.0 Å². The van der Waals surface area contributed by atoms with Crippen molar-refractivity contribution in [3.8, 4) is 5.69 Å². The highest BCUT2D eigenvalue weighted by atomic mass is 35.5. The van der Waals surface area contributed by atoms with E-state index in [2.05, 4.69) is 20.8 Å². The second-order valence-corrected chi connectivity index (χ2v) is 9.62. The van der Waals surface area contributed by atoms with Gasteiger partial charge in [0.05, 0.1) is 33.1 Å². The largest absolute Gasteiger partial charge is 0.377 e. The molecule has 0 saturated carbocycles. The fraction of sp³-hybridized carbons (Fsp3) is 0.160. The lowest BCUT2D eigenvalue weighted by atomic mass is 10.2. The lowest BCUT2D eigenvalue weighted by molar-refractivity contribution is -0.384. The van der Waals surface area contributed by atoms with Gasteiger partial charge < -0.3 is 10.6 Å². The molecule has 0 spiro atoms. The van der Waals surface area contributed by atoms with Gasteiger partial charge in [-0.15, -0.1) is 10.2 Å². The van der Waals surface area contributed by atoms with Crippen molar-refractivity contribution in [2.45, 2.75) is 30.8 Å². The van der Waals surface area contributed by atoms with Crippen LogP contribution in [0.25, 0.3) is 5.69 Å². The zero-order chi connectivity index (χ0) is 25.7. The Hall–Kier alpha value is -3.89. The Morgan fingerprint density at radius 3 is 2.53 bits per heavy atom. The average molecular weight is 523 g/mol. The van der Waals surface area contributed by atoms with E-state index >= 15 is 0 Å². The number of nitrogens with one attached hydrogen (secondary N) is 2. The molecule has 3 aromatic carbocycles. The number of aromatic nitrogens is 3. The molecule has 0 saturated heterocycles. The summed E-state index contributed by atoms with van der Waals surface area (Å²) in [5.74, 6) is 0.340. The summed E-state index contributed by atoms with van der Waals surface area (Å²) in [4.78, 5) is 23.6. The second kappa shape index (κ2) is 11.2. The molecule has 0 aliphatic heterocycles. The molecule has 0 aliphatic carbocycles. The van der Waals surface area contributed by atoms with E-state index in [1.807, 2.05) is 53.1 Å². The molecule has 36 heavy (non-hydrogen) atoms. The van der Waals surface area contributed by atoms with Crippen molar-refractivity contribution in [3.05, 3.63) is 99.3 Å². The summed E-state index contributed by atoms with van der Waals surface area (Å²) in [6.45, 7) is 3.89. The first-order valence-electron chi connectivity index (χ1n) is 11.0. The first-order valence-corrected chi connectivity index (χ1v) is 12.3. The monoisotopic (exact) mass is 522 g/mol. The summed E-state index contributed by atoms with van der Waals surface area (Å²) < 4.78 is 1.89. The smallest absolute Gasteiger partial charge is 0.271 e. The van der Waals surface area contributed by atoms with E-state index in [1.165, 1.54) is 23.9 Å². The zero-order valence-corrected chi connectivity index (χ0v) is 21.1. The number of hydrogen-bond donors (Lipinski definition) is 2. The number of aryl methyl sites for hydroxylation is 1. The predicted molar refractivity (Wildman–Crippen MR) is 142 cm³/mol. The molecule has 11 heteroatoms. The number of nitro groups is 1. The maximum atomic E-state index is 13.0. The van der Waals surface area contributed by atoms with Gasteiger partial charge in [0.25, 0.3) is 5.69 Å². The lowest BCUT2D eigenvalue weighted by Crippen LogP contribution is -2.23. The number of benzene rings is 3. The van der Waals surface area contributed by atoms with Gasteiger partial charge in [0.15, 0.2) is 11.0 Å². The number of halogens is 1. The number of anilines is 2. The van der Waals surface area contributed by atoms with Crippen molar-refractivity contribution in [3.63, 3.8) is 0 Å². The highest BCUT2D eigenvalue weighted by molar-refractivity contribution is 8.00. The Kier molecular flexibility index (Phi) is 7.87. The molecule has 0 radical (unpaired) electrons. The molecule has 4 aromatic rings. The minimum Gasteiger partial charge on any atom is -0.377 e. The summed E-state index contributed by atoms with van der Waals surface area (Å²) in [7, 11) is 0. The SMILES string of the molecule is Cc1ccc([N+](=O)[O-])cc1NC(=O)[C@@H](C)Sc1nnc(CNc2ccccc2Cl)n1-c1ccccc1. The Bertz CT molecular complexity index is 1400. The Balaban J connectivity index is 1.55. The molecule has 1 amide bonds. The van der Waals surface area contributed by atoms with E-state index in [4.69, 9.17) is 11.6 Å². The first kappa shape index (κ1) is 25.2. The van der Waals surface area contributed by atoms with Crippen LogP contribution in [0.2, 0.25) is 5.02 Å². The Morgan fingerprint density at radius 2 is 1.81 bits per heavy atom. The van der Waals surface area contributed by atoms with Crippen LogP contribution >= 0.6 is 23.4 Å². The molecule has 4 rings (SSSR count). The molecular weight excluding hydrogens is 500 g/mol. The second-order valence-electron chi connectivity index (χ2n) is 7.91. The van der Waals surface area contributed by atoms with E-state index in [9.17, 15) is 14.9 Å². The summed E-state index contributed by atoms with van der Waals surface area (Å²) in [6, 6.07) is 21.4. The minimum atomic E-state index is -0.556. The highest BCUT2D eigenvalue weighted by Crippen LogP contribution is 2.29. The van der Waals surface area contributed by atoms with Crippen molar-refractivity contribution >= 4 is 46.3 Å². The molecule has 0 fully saturated rings. The van der Waals surface area contributed by atoms with Gasteiger partial charge in [0, 0.05) is 17.8 Å². The van der Waals surface area contributed by atoms with Crippen LogP contribution in [-0.2, 0) is 11.3 Å². The van der Waals surface area contributed by atoms with Gasteiger partial charge in [-0.2, -0.15) is 0 Å². The van der Waals surface area contributed by atoms with Crippen LogP contribution in [0.4, 0.5) is 17.1 Å².